The van der Waals surface area contributed by atoms with Crippen LogP contribution in [-0.4, -0.2) is 11.9 Å². The van der Waals surface area contributed by atoms with Gasteiger partial charge in [-0.3, -0.25) is 4.79 Å². The summed E-state index contributed by atoms with van der Waals surface area (Å²) >= 11 is 3.22. The van der Waals surface area contributed by atoms with Gasteiger partial charge in [-0.2, -0.15) is 0 Å². The minimum absolute atomic E-state index is 0.132. The summed E-state index contributed by atoms with van der Waals surface area (Å²) in [4.78, 5) is 12.1. The fourth-order valence-electron chi connectivity index (χ4n) is 2.49. The molecule has 1 saturated carbocycles. The van der Waals surface area contributed by atoms with Gasteiger partial charge >= 0.3 is 0 Å². The van der Waals surface area contributed by atoms with E-state index in [1.54, 1.807) is 0 Å². The first-order chi connectivity index (χ1) is 8.49. The third-order valence-electron chi connectivity index (χ3n) is 3.96. The zero-order valence-corrected chi connectivity index (χ0v) is 12.1. The van der Waals surface area contributed by atoms with E-state index in [0.29, 0.717) is 21.9 Å². The Labute approximate surface area is 115 Å². The maximum absolute atomic E-state index is 13.0. The molecule has 98 valence electrons. The molecule has 1 aromatic carbocycles. The molecule has 0 spiro atoms. The fourth-order valence-corrected chi connectivity index (χ4v) is 3.02. The fraction of sp³-hybridized carbons (Fsp3) is 0.500. The lowest BCUT2D eigenvalue weighted by Gasteiger charge is -2.20. The van der Waals surface area contributed by atoms with E-state index in [9.17, 15) is 9.18 Å². The van der Waals surface area contributed by atoms with E-state index in [0.717, 1.165) is 12.8 Å². The van der Waals surface area contributed by atoms with Gasteiger partial charge in [-0.1, -0.05) is 13.8 Å². The molecule has 1 aliphatic carbocycles. The van der Waals surface area contributed by atoms with Crippen molar-refractivity contribution in [3.63, 3.8) is 0 Å². The highest BCUT2D eigenvalue weighted by atomic mass is 79.9. The second-order valence-electron chi connectivity index (χ2n) is 5.12. The number of nitrogens with one attached hydrogen (secondary N) is 1. The molecule has 0 bridgehead atoms. The zero-order valence-electron chi connectivity index (χ0n) is 10.5. The van der Waals surface area contributed by atoms with Crippen LogP contribution in [0.3, 0.4) is 0 Å². The van der Waals surface area contributed by atoms with Crippen LogP contribution >= 0.6 is 15.9 Å². The van der Waals surface area contributed by atoms with Crippen LogP contribution < -0.4 is 5.32 Å². The van der Waals surface area contributed by atoms with E-state index >= 15 is 0 Å². The predicted octanol–water partition coefficient (Wildman–Crippen LogP) is 3.75. The van der Waals surface area contributed by atoms with Gasteiger partial charge in [0, 0.05) is 10.5 Å². The van der Waals surface area contributed by atoms with Crippen molar-refractivity contribution in [1.29, 1.82) is 0 Å². The van der Waals surface area contributed by atoms with Gasteiger partial charge in [0.2, 0.25) is 0 Å². The van der Waals surface area contributed by atoms with Crippen LogP contribution in [0.2, 0.25) is 0 Å². The number of carbonyl (C=O) groups excluding carboxylic acids is 1. The molecule has 1 fully saturated rings. The molecular weight excluding hydrogens is 297 g/mol. The summed E-state index contributed by atoms with van der Waals surface area (Å²) in [6, 6.07) is 4.36. The number of benzene rings is 1. The normalized spacial score (nSPS) is 27.2. The van der Waals surface area contributed by atoms with Crippen molar-refractivity contribution in [2.24, 2.45) is 11.8 Å². The Bertz CT molecular complexity index is 463. The van der Waals surface area contributed by atoms with Crippen LogP contribution in [0.15, 0.2) is 22.7 Å². The van der Waals surface area contributed by atoms with Gasteiger partial charge in [-0.25, -0.2) is 4.39 Å². The Kier molecular flexibility index (Phi) is 4.05. The smallest absolute Gasteiger partial charge is 0.252 e. The second kappa shape index (κ2) is 5.39. The lowest BCUT2D eigenvalue weighted by Crippen LogP contribution is -2.37. The molecule has 3 atom stereocenters. The molecule has 0 aliphatic heterocycles. The SMILES string of the molecule is CC1CCC(NC(=O)c2ccc(F)cc2Br)C1C. The maximum atomic E-state index is 13.0. The first-order valence-corrected chi connectivity index (χ1v) is 7.04. The van der Waals surface area contributed by atoms with E-state index in [1.165, 1.54) is 18.2 Å². The molecule has 1 N–H and O–H groups in total. The summed E-state index contributed by atoms with van der Waals surface area (Å²) in [6.07, 6.45) is 2.17. The Morgan fingerprint density at radius 3 is 2.67 bits per heavy atom. The third kappa shape index (κ3) is 2.74. The topological polar surface area (TPSA) is 29.1 Å². The summed E-state index contributed by atoms with van der Waals surface area (Å²) < 4.78 is 13.5. The molecule has 4 heteroatoms. The van der Waals surface area contributed by atoms with Crippen LogP contribution in [0.25, 0.3) is 0 Å². The Hall–Kier alpha value is -0.900. The molecule has 1 aliphatic rings. The van der Waals surface area contributed by atoms with Gasteiger partial charge in [-0.05, 0) is 58.8 Å². The summed E-state index contributed by atoms with van der Waals surface area (Å²) in [6.45, 7) is 4.38. The van der Waals surface area contributed by atoms with Crippen molar-refractivity contribution < 1.29 is 9.18 Å². The third-order valence-corrected chi connectivity index (χ3v) is 4.61. The summed E-state index contributed by atoms with van der Waals surface area (Å²) in [5.41, 5.74) is 0.489. The predicted molar refractivity (Wildman–Crippen MR) is 72.9 cm³/mol. The van der Waals surface area contributed by atoms with Crippen molar-refractivity contribution in [3.8, 4) is 0 Å². The number of amides is 1. The van der Waals surface area contributed by atoms with Gasteiger partial charge in [0.05, 0.1) is 5.56 Å². The van der Waals surface area contributed by atoms with Gasteiger partial charge in [0.1, 0.15) is 5.82 Å². The van der Waals surface area contributed by atoms with Crippen LogP contribution in [0.5, 0.6) is 0 Å². The minimum atomic E-state index is -0.346. The van der Waals surface area contributed by atoms with Crippen LogP contribution in [-0.2, 0) is 0 Å². The van der Waals surface area contributed by atoms with E-state index in [1.807, 2.05) is 0 Å². The van der Waals surface area contributed by atoms with Crippen molar-refractivity contribution in [2.75, 3.05) is 0 Å². The average Bonchev–Trinajstić information content (AvgIpc) is 2.61. The minimum Gasteiger partial charge on any atom is -0.349 e. The molecular formula is C14H17BrFNO. The van der Waals surface area contributed by atoms with Crippen LogP contribution in [0.4, 0.5) is 4.39 Å². The van der Waals surface area contributed by atoms with Gasteiger partial charge in [0.25, 0.3) is 5.91 Å². The van der Waals surface area contributed by atoms with Crippen LogP contribution in [0.1, 0.15) is 37.0 Å². The highest BCUT2D eigenvalue weighted by Crippen LogP contribution is 2.31. The Morgan fingerprint density at radius 1 is 1.39 bits per heavy atom. The first kappa shape index (κ1) is 13.5. The Balaban J connectivity index is 2.08. The number of rotatable bonds is 2. The zero-order chi connectivity index (χ0) is 13.3. The molecule has 1 amide bonds. The molecule has 18 heavy (non-hydrogen) atoms. The molecule has 0 aromatic heterocycles. The van der Waals surface area contributed by atoms with Crippen molar-refractivity contribution in [3.05, 3.63) is 34.1 Å². The van der Waals surface area contributed by atoms with Crippen molar-refractivity contribution in [1.82, 2.24) is 5.32 Å². The lowest BCUT2D eigenvalue weighted by atomic mass is 9.97. The highest BCUT2D eigenvalue weighted by Gasteiger charge is 2.31. The largest absolute Gasteiger partial charge is 0.349 e. The lowest BCUT2D eigenvalue weighted by molar-refractivity contribution is 0.0926. The van der Waals surface area contributed by atoms with Gasteiger partial charge in [-0.15, -0.1) is 0 Å². The number of halogens is 2. The Morgan fingerprint density at radius 2 is 2.11 bits per heavy atom. The summed E-state index contributed by atoms with van der Waals surface area (Å²) in [5.74, 6) is 0.661. The van der Waals surface area contributed by atoms with Crippen molar-refractivity contribution in [2.45, 2.75) is 32.7 Å². The number of carbonyl (C=O) groups is 1. The average molecular weight is 314 g/mol. The maximum Gasteiger partial charge on any atom is 0.252 e. The van der Waals surface area contributed by atoms with E-state index in [2.05, 4.69) is 35.1 Å². The second-order valence-corrected chi connectivity index (χ2v) is 5.97. The number of hydrogen-bond donors (Lipinski definition) is 1. The molecule has 0 radical (unpaired) electrons. The van der Waals surface area contributed by atoms with E-state index in [-0.39, 0.29) is 17.8 Å². The summed E-state index contributed by atoms with van der Waals surface area (Å²) in [5, 5.41) is 3.04. The van der Waals surface area contributed by atoms with Crippen LogP contribution in [0, 0.1) is 17.7 Å². The molecule has 2 rings (SSSR count). The monoisotopic (exact) mass is 313 g/mol. The van der Waals surface area contributed by atoms with E-state index in [4.69, 9.17) is 0 Å². The molecule has 0 heterocycles. The number of hydrogen-bond acceptors (Lipinski definition) is 1. The standard InChI is InChI=1S/C14H17BrFNO/c1-8-3-6-13(9(8)2)17-14(18)11-5-4-10(16)7-12(11)15/h4-5,7-9,13H,3,6H2,1-2H3,(H,17,18). The first-order valence-electron chi connectivity index (χ1n) is 6.25. The van der Waals surface area contributed by atoms with Crippen molar-refractivity contribution >= 4 is 21.8 Å². The van der Waals surface area contributed by atoms with E-state index < -0.39 is 0 Å². The molecule has 3 unspecified atom stereocenters. The molecule has 2 nitrogen and oxygen atoms in total. The quantitative estimate of drug-likeness (QED) is 0.885. The van der Waals surface area contributed by atoms with Gasteiger partial charge < -0.3 is 5.32 Å². The van der Waals surface area contributed by atoms with Gasteiger partial charge in [0.15, 0.2) is 0 Å². The molecule has 1 aromatic rings. The summed E-state index contributed by atoms with van der Waals surface area (Å²) in [7, 11) is 0. The highest BCUT2D eigenvalue weighted by molar-refractivity contribution is 9.10. The molecule has 0 saturated heterocycles.